The van der Waals surface area contributed by atoms with Crippen molar-refractivity contribution in [2.45, 2.75) is 27.3 Å². The number of carbonyl (C=O) groups is 2. The van der Waals surface area contributed by atoms with E-state index in [1.54, 1.807) is 6.92 Å². The maximum absolute atomic E-state index is 12.6. The van der Waals surface area contributed by atoms with Crippen LogP contribution in [0.25, 0.3) is 0 Å². The molecule has 0 atom stereocenters. The molecule has 0 aliphatic rings. The van der Waals surface area contributed by atoms with E-state index in [0.29, 0.717) is 17.9 Å². The third kappa shape index (κ3) is 3.59. The number of amides is 1. The van der Waals surface area contributed by atoms with Crippen LogP contribution in [0.3, 0.4) is 0 Å². The Morgan fingerprint density at radius 2 is 1.96 bits per heavy atom. The molecule has 1 amide bonds. The number of carboxylic acids is 1. The monoisotopic (exact) mass is 367 g/mol. The third-order valence-electron chi connectivity index (χ3n) is 4.42. The highest BCUT2D eigenvalue weighted by atomic mass is 16.4. The molecule has 2 N–H and O–H groups in total. The van der Waals surface area contributed by atoms with Crippen molar-refractivity contribution >= 4 is 17.6 Å². The maximum Gasteiger partial charge on any atom is 0.354 e. The SMILES string of the molecule is Cc1cccc(Cn2nc(C)c(NC(=O)c3cnn(C)c3C(=O)O)c2C)c1. The second-order valence-corrected chi connectivity index (χ2v) is 6.48. The molecule has 0 spiro atoms. The van der Waals surface area contributed by atoms with Crippen molar-refractivity contribution in [1.29, 1.82) is 0 Å². The van der Waals surface area contributed by atoms with Crippen LogP contribution in [0.2, 0.25) is 0 Å². The number of rotatable bonds is 5. The zero-order valence-electron chi connectivity index (χ0n) is 15.6. The van der Waals surface area contributed by atoms with Crippen LogP contribution >= 0.6 is 0 Å². The molecule has 8 heteroatoms. The van der Waals surface area contributed by atoms with Crippen molar-refractivity contribution < 1.29 is 14.7 Å². The van der Waals surface area contributed by atoms with Gasteiger partial charge in [-0.3, -0.25) is 14.2 Å². The molecule has 0 aliphatic heterocycles. The summed E-state index contributed by atoms with van der Waals surface area (Å²) in [6.45, 7) is 6.28. The number of hydrogen-bond acceptors (Lipinski definition) is 4. The van der Waals surface area contributed by atoms with Gasteiger partial charge in [0.1, 0.15) is 0 Å². The van der Waals surface area contributed by atoms with Gasteiger partial charge in [-0.25, -0.2) is 4.79 Å². The highest BCUT2D eigenvalue weighted by molar-refractivity contribution is 6.10. The van der Waals surface area contributed by atoms with E-state index in [2.05, 4.69) is 21.6 Å². The first-order valence-corrected chi connectivity index (χ1v) is 8.44. The molecule has 0 aliphatic carbocycles. The van der Waals surface area contributed by atoms with Gasteiger partial charge < -0.3 is 10.4 Å². The second-order valence-electron chi connectivity index (χ2n) is 6.48. The molecule has 140 valence electrons. The minimum Gasteiger partial charge on any atom is -0.477 e. The molecule has 3 rings (SSSR count). The molecule has 0 radical (unpaired) electrons. The number of hydrogen-bond donors (Lipinski definition) is 2. The Bertz CT molecular complexity index is 1030. The van der Waals surface area contributed by atoms with E-state index in [1.165, 1.54) is 18.8 Å². The molecule has 2 heterocycles. The van der Waals surface area contributed by atoms with Gasteiger partial charge in [-0.05, 0) is 26.3 Å². The fourth-order valence-corrected chi connectivity index (χ4v) is 3.05. The predicted octanol–water partition coefficient (Wildman–Crippen LogP) is 2.54. The molecule has 27 heavy (non-hydrogen) atoms. The molecule has 0 saturated carbocycles. The minimum absolute atomic E-state index is 0.00948. The molecule has 0 unspecified atom stereocenters. The van der Waals surface area contributed by atoms with Crippen LogP contribution in [0, 0.1) is 20.8 Å². The quantitative estimate of drug-likeness (QED) is 0.721. The van der Waals surface area contributed by atoms with E-state index in [9.17, 15) is 14.7 Å². The van der Waals surface area contributed by atoms with Crippen LogP contribution in [0.5, 0.6) is 0 Å². The lowest BCUT2D eigenvalue weighted by Crippen LogP contribution is -2.18. The first kappa shape index (κ1) is 18.4. The number of benzene rings is 1. The Kier molecular flexibility index (Phi) is 4.81. The molecular formula is C19H21N5O3. The predicted molar refractivity (Wildman–Crippen MR) is 100 cm³/mol. The lowest BCUT2D eigenvalue weighted by molar-refractivity contribution is 0.0680. The standard InChI is InChI=1S/C19H21N5O3/c1-11-6-5-7-14(8-11)10-24-13(3)16(12(2)22-24)21-18(25)15-9-20-23(4)17(15)19(26)27/h5-9H,10H2,1-4H3,(H,21,25)(H,26,27). The van der Waals surface area contributed by atoms with Crippen molar-refractivity contribution in [2.24, 2.45) is 7.05 Å². The molecule has 0 saturated heterocycles. The van der Waals surface area contributed by atoms with E-state index >= 15 is 0 Å². The number of nitrogens with zero attached hydrogens (tertiary/aromatic N) is 4. The van der Waals surface area contributed by atoms with Crippen LogP contribution in [-0.4, -0.2) is 36.5 Å². The fraction of sp³-hybridized carbons (Fsp3) is 0.263. The highest BCUT2D eigenvalue weighted by Crippen LogP contribution is 2.22. The number of aryl methyl sites for hydroxylation is 3. The molecule has 8 nitrogen and oxygen atoms in total. The van der Waals surface area contributed by atoms with Gasteiger partial charge in [0, 0.05) is 7.05 Å². The van der Waals surface area contributed by atoms with Gasteiger partial charge in [0.25, 0.3) is 5.91 Å². The van der Waals surface area contributed by atoms with Crippen LogP contribution < -0.4 is 5.32 Å². The van der Waals surface area contributed by atoms with Gasteiger partial charge in [-0.2, -0.15) is 10.2 Å². The van der Waals surface area contributed by atoms with E-state index in [-0.39, 0.29) is 11.3 Å². The first-order chi connectivity index (χ1) is 12.8. The maximum atomic E-state index is 12.6. The van der Waals surface area contributed by atoms with Crippen LogP contribution in [0.1, 0.15) is 43.4 Å². The van der Waals surface area contributed by atoms with Crippen LogP contribution in [-0.2, 0) is 13.6 Å². The Balaban J connectivity index is 1.87. The summed E-state index contributed by atoms with van der Waals surface area (Å²) in [6.07, 6.45) is 1.25. The normalized spacial score (nSPS) is 10.8. The zero-order chi connectivity index (χ0) is 19.7. The number of carbonyl (C=O) groups excluding carboxylic acids is 1. The van der Waals surface area contributed by atoms with Gasteiger partial charge >= 0.3 is 5.97 Å². The van der Waals surface area contributed by atoms with E-state index in [1.807, 2.05) is 36.7 Å². The summed E-state index contributed by atoms with van der Waals surface area (Å²) >= 11 is 0. The largest absolute Gasteiger partial charge is 0.477 e. The highest BCUT2D eigenvalue weighted by Gasteiger charge is 2.23. The third-order valence-corrected chi connectivity index (χ3v) is 4.42. The Labute approximate surface area is 156 Å². The minimum atomic E-state index is -1.20. The summed E-state index contributed by atoms with van der Waals surface area (Å²) in [5, 5.41) is 20.5. The molecular weight excluding hydrogens is 346 g/mol. The summed E-state index contributed by atoms with van der Waals surface area (Å²) in [4.78, 5) is 24.0. The van der Waals surface area contributed by atoms with Crippen molar-refractivity contribution in [2.75, 3.05) is 5.32 Å². The van der Waals surface area contributed by atoms with Crippen molar-refractivity contribution in [3.8, 4) is 0 Å². The van der Waals surface area contributed by atoms with Crippen LogP contribution in [0.4, 0.5) is 5.69 Å². The van der Waals surface area contributed by atoms with Crippen LogP contribution in [0.15, 0.2) is 30.5 Å². The number of carboxylic acid groups (broad SMARTS) is 1. The smallest absolute Gasteiger partial charge is 0.354 e. The number of anilines is 1. The number of nitrogens with one attached hydrogen (secondary N) is 1. The van der Waals surface area contributed by atoms with Crippen molar-refractivity contribution in [3.63, 3.8) is 0 Å². The summed E-state index contributed by atoms with van der Waals surface area (Å²) < 4.78 is 2.99. The van der Waals surface area contributed by atoms with Crippen molar-refractivity contribution in [3.05, 3.63) is 64.2 Å². The Morgan fingerprint density at radius 3 is 2.63 bits per heavy atom. The van der Waals surface area contributed by atoms with Gasteiger partial charge in [0.2, 0.25) is 0 Å². The van der Waals surface area contributed by atoms with Crippen molar-refractivity contribution in [1.82, 2.24) is 19.6 Å². The van der Waals surface area contributed by atoms with Gasteiger partial charge in [0.05, 0.1) is 35.4 Å². The molecule has 0 bridgehead atoms. The lowest BCUT2D eigenvalue weighted by atomic mass is 10.1. The average molecular weight is 367 g/mol. The van der Waals surface area contributed by atoms with Gasteiger partial charge in [-0.1, -0.05) is 29.8 Å². The molecule has 3 aromatic rings. The summed E-state index contributed by atoms with van der Waals surface area (Å²) in [7, 11) is 1.48. The fourth-order valence-electron chi connectivity index (χ4n) is 3.05. The topological polar surface area (TPSA) is 102 Å². The van der Waals surface area contributed by atoms with E-state index in [0.717, 1.165) is 15.9 Å². The Hall–Kier alpha value is -3.42. The first-order valence-electron chi connectivity index (χ1n) is 8.44. The number of aromatic nitrogens is 4. The lowest BCUT2D eigenvalue weighted by Gasteiger charge is -2.08. The van der Waals surface area contributed by atoms with E-state index < -0.39 is 11.9 Å². The summed E-state index contributed by atoms with van der Waals surface area (Å²) in [6, 6.07) is 8.14. The Morgan fingerprint density at radius 1 is 1.22 bits per heavy atom. The molecule has 0 fully saturated rings. The molecule has 1 aromatic carbocycles. The average Bonchev–Trinajstić information content (AvgIpc) is 3.10. The summed E-state index contributed by atoms with van der Waals surface area (Å²) in [5.41, 5.74) is 4.16. The summed E-state index contributed by atoms with van der Waals surface area (Å²) in [5.74, 6) is -1.73. The van der Waals surface area contributed by atoms with E-state index in [4.69, 9.17) is 0 Å². The zero-order valence-corrected chi connectivity index (χ0v) is 15.6. The van der Waals surface area contributed by atoms with Gasteiger partial charge in [0.15, 0.2) is 5.69 Å². The number of aromatic carboxylic acids is 1. The second kappa shape index (κ2) is 7.06. The molecule has 2 aromatic heterocycles. The van der Waals surface area contributed by atoms with Gasteiger partial charge in [-0.15, -0.1) is 0 Å².